The molecule has 0 saturated carbocycles. The average molecular weight is 411 g/mol. The van der Waals surface area contributed by atoms with Crippen molar-refractivity contribution in [2.75, 3.05) is 5.32 Å². The molecule has 0 amide bonds. The Kier molecular flexibility index (Phi) is 5.15. The van der Waals surface area contributed by atoms with E-state index in [1.54, 1.807) is 12.1 Å². The Morgan fingerprint density at radius 3 is 2.35 bits per heavy atom. The molecule has 2 aromatic carbocycles. The molecule has 0 atom stereocenters. The van der Waals surface area contributed by atoms with E-state index in [0.29, 0.717) is 26.3 Å². The SMILES string of the molecule is NC(=S)c1c(Br)cccc1Nc1cc(Cl)c(Cl)cc1Cl. The number of halogens is 4. The van der Waals surface area contributed by atoms with Crippen molar-refractivity contribution < 1.29 is 0 Å². The van der Waals surface area contributed by atoms with Gasteiger partial charge < -0.3 is 11.1 Å². The number of hydrogen-bond donors (Lipinski definition) is 2. The van der Waals surface area contributed by atoms with Gasteiger partial charge >= 0.3 is 0 Å². The van der Waals surface area contributed by atoms with Gasteiger partial charge in [-0.3, -0.25) is 0 Å². The van der Waals surface area contributed by atoms with E-state index in [4.69, 9.17) is 52.8 Å². The second-order valence-corrected chi connectivity index (χ2v) is 6.41. The molecule has 0 aliphatic rings. The zero-order valence-electron chi connectivity index (χ0n) is 9.88. The largest absolute Gasteiger partial charge is 0.389 e. The van der Waals surface area contributed by atoms with Gasteiger partial charge in [0.2, 0.25) is 0 Å². The first-order chi connectivity index (χ1) is 9.40. The second kappa shape index (κ2) is 6.50. The van der Waals surface area contributed by atoms with Crippen LogP contribution in [-0.4, -0.2) is 4.99 Å². The van der Waals surface area contributed by atoms with Crippen LogP contribution < -0.4 is 11.1 Å². The van der Waals surface area contributed by atoms with Crippen LogP contribution in [0.25, 0.3) is 0 Å². The second-order valence-electron chi connectivity index (χ2n) is 3.90. The topological polar surface area (TPSA) is 38.0 Å². The van der Waals surface area contributed by atoms with Gasteiger partial charge in [-0.15, -0.1) is 0 Å². The fraction of sp³-hybridized carbons (Fsp3) is 0. The predicted molar refractivity (Wildman–Crippen MR) is 94.8 cm³/mol. The number of hydrogen-bond acceptors (Lipinski definition) is 2. The number of thiocarbonyl (C=S) groups is 1. The summed E-state index contributed by atoms with van der Waals surface area (Å²) >= 11 is 26.5. The van der Waals surface area contributed by atoms with Crippen LogP contribution >= 0.6 is 63.0 Å². The van der Waals surface area contributed by atoms with Crippen LogP contribution in [0.5, 0.6) is 0 Å². The van der Waals surface area contributed by atoms with Gasteiger partial charge in [-0.1, -0.05) is 53.1 Å². The van der Waals surface area contributed by atoms with Crippen molar-refractivity contribution in [3.05, 3.63) is 55.4 Å². The van der Waals surface area contributed by atoms with Gasteiger partial charge in [-0.2, -0.15) is 0 Å². The lowest BCUT2D eigenvalue weighted by atomic mass is 10.1. The molecule has 0 saturated heterocycles. The normalized spacial score (nSPS) is 10.4. The Bertz CT molecular complexity index is 692. The number of benzene rings is 2. The molecule has 7 heteroatoms. The van der Waals surface area contributed by atoms with E-state index in [0.717, 1.165) is 10.2 Å². The van der Waals surface area contributed by atoms with Crippen LogP contribution in [0, 0.1) is 0 Å². The molecule has 0 heterocycles. The zero-order valence-corrected chi connectivity index (χ0v) is 14.6. The summed E-state index contributed by atoms with van der Waals surface area (Å²) in [6.07, 6.45) is 0. The molecule has 0 unspecified atom stereocenters. The van der Waals surface area contributed by atoms with Crippen molar-refractivity contribution in [1.82, 2.24) is 0 Å². The van der Waals surface area contributed by atoms with Gasteiger partial charge in [0.1, 0.15) is 4.99 Å². The summed E-state index contributed by atoms with van der Waals surface area (Å²) in [6, 6.07) is 8.79. The average Bonchev–Trinajstić information content (AvgIpc) is 2.35. The van der Waals surface area contributed by atoms with Gasteiger partial charge in [0.25, 0.3) is 0 Å². The van der Waals surface area contributed by atoms with E-state index in [1.807, 2.05) is 18.2 Å². The summed E-state index contributed by atoms with van der Waals surface area (Å²) in [6.45, 7) is 0. The minimum atomic E-state index is 0.274. The number of nitrogens with two attached hydrogens (primary N) is 1. The van der Waals surface area contributed by atoms with Gasteiger partial charge in [-0.25, -0.2) is 0 Å². The number of anilines is 2. The molecule has 2 rings (SSSR count). The van der Waals surface area contributed by atoms with Crippen molar-refractivity contribution in [2.45, 2.75) is 0 Å². The van der Waals surface area contributed by atoms with Crippen molar-refractivity contribution in [3.8, 4) is 0 Å². The Morgan fingerprint density at radius 1 is 1.05 bits per heavy atom. The third-order valence-electron chi connectivity index (χ3n) is 2.54. The van der Waals surface area contributed by atoms with Crippen LogP contribution in [0.15, 0.2) is 34.8 Å². The molecule has 0 fully saturated rings. The molecule has 0 spiro atoms. The lowest BCUT2D eigenvalue weighted by Crippen LogP contribution is -2.12. The molecule has 0 radical (unpaired) electrons. The summed E-state index contributed by atoms with van der Waals surface area (Å²) in [4.78, 5) is 0.274. The Labute approximate surface area is 145 Å². The monoisotopic (exact) mass is 408 g/mol. The van der Waals surface area contributed by atoms with Gasteiger partial charge in [0.05, 0.1) is 20.8 Å². The Morgan fingerprint density at radius 2 is 1.70 bits per heavy atom. The molecule has 2 aromatic rings. The minimum absolute atomic E-state index is 0.274. The quantitative estimate of drug-likeness (QED) is 0.497. The van der Waals surface area contributed by atoms with Crippen molar-refractivity contribution in [2.24, 2.45) is 5.73 Å². The molecule has 0 aromatic heterocycles. The van der Waals surface area contributed by atoms with Gasteiger partial charge in [0, 0.05) is 15.7 Å². The van der Waals surface area contributed by atoms with Crippen LogP contribution in [0.3, 0.4) is 0 Å². The van der Waals surface area contributed by atoms with E-state index in [-0.39, 0.29) is 4.99 Å². The molecule has 3 N–H and O–H groups in total. The third-order valence-corrected chi connectivity index (χ3v) is 4.44. The highest BCUT2D eigenvalue weighted by molar-refractivity contribution is 9.10. The van der Waals surface area contributed by atoms with Crippen LogP contribution in [0.2, 0.25) is 15.1 Å². The Balaban J connectivity index is 2.48. The van der Waals surface area contributed by atoms with Crippen molar-refractivity contribution >= 4 is 79.3 Å². The lowest BCUT2D eigenvalue weighted by molar-refractivity contribution is 1.50. The number of nitrogens with one attached hydrogen (secondary N) is 1. The molecule has 0 aliphatic heterocycles. The van der Waals surface area contributed by atoms with E-state index in [1.165, 1.54) is 0 Å². The van der Waals surface area contributed by atoms with Crippen molar-refractivity contribution in [1.29, 1.82) is 0 Å². The molecule has 20 heavy (non-hydrogen) atoms. The first-order valence-electron chi connectivity index (χ1n) is 5.40. The highest BCUT2D eigenvalue weighted by Crippen LogP contribution is 2.35. The molecule has 0 aliphatic carbocycles. The van der Waals surface area contributed by atoms with Crippen molar-refractivity contribution in [3.63, 3.8) is 0 Å². The molecular weight excluding hydrogens is 402 g/mol. The van der Waals surface area contributed by atoms with Crippen LogP contribution in [-0.2, 0) is 0 Å². The standard InChI is InChI=1S/C13H8BrCl3N2S/c14-6-2-1-3-10(12(6)13(18)20)19-11-5-8(16)7(15)4-9(11)17/h1-5,19H,(H2,18,20). The maximum Gasteiger partial charge on any atom is 0.107 e. The number of rotatable bonds is 3. The van der Waals surface area contributed by atoms with Gasteiger partial charge in [0.15, 0.2) is 0 Å². The van der Waals surface area contributed by atoms with Crippen LogP contribution in [0.4, 0.5) is 11.4 Å². The summed E-state index contributed by atoms with van der Waals surface area (Å²) in [5, 5.41) is 4.41. The fourth-order valence-electron chi connectivity index (χ4n) is 1.64. The van der Waals surface area contributed by atoms with E-state index in [2.05, 4.69) is 21.2 Å². The Hall–Kier alpha value is -0.520. The molecular formula is C13H8BrCl3N2S. The van der Waals surface area contributed by atoms with E-state index in [9.17, 15) is 0 Å². The minimum Gasteiger partial charge on any atom is -0.389 e. The highest BCUT2D eigenvalue weighted by Gasteiger charge is 2.12. The summed E-state index contributed by atoms with van der Waals surface area (Å²) in [7, 11) is 0. The van der Waals surface area contributed by atoms with Crippen LogP contribution in [0.1, 0.15) is 5.56 Å². The fourth-order valence-corrected chi connectivity index (χ4v) is 3.17. The summed E-state index contributed by atoms with van der Waals surface area (Å²) in [5.74, 6) is 0. The zero-order chi connectivity index (χ0) is 14.9. The summed E-state index contributed by atoms with van der Waals surface area (Å²) in [5.41, 5.74) is 7.79. The molecule has 0 bridgehead atoms. The molecule has 104 valence electrons. The first-order valence-corrected chi connectivity index (χ1v) is 7.73. The predicted octanol–water partition coefficient (Wildman–Crippen LogP) is 5.79. The summed E-state index contributed by atoms with van der Waals surface area (Å²) < 4.78 is 0.797. The maximum atomic E-state index is 6.14. The van der Waals surface area contributed by atoms with E-state index < -0.39 is 0 Å². The van der Waals surface area contributed by atoms with E-state index >= 15 is 0 Å². The maximum absolute atomic E-state index is 6.14. The smallest absolute Gasteiger partial charge is 0.107 e. The van der Waals surface area contributed by atoms with Gasteiger partial charge in [-0.05, 0) is 40.2 Å². The molecule has 2 nitrogen and oxygen atoms in total. The highest BCUT2D eigenvalue weighted by atomic mass is 79.9. The first kappa shape index (κ1) is 15.9. The third kappa shape index (κ3) is 3.38. The lowest BCUT2D eigenvalue weighted by Gasteiger charge is -2.14.